The molecule has 3 N–H and O–H groups in total. The van der Waals surface area contributed by atoms with E-state index in [0.717, 1.165) is 0 Å². The fourth-order valence-electron chi connectivity index (χ4n) is 2.93. The SMILES string of the molecule is O=C(c1ccc(Cl)s1)N(NCOCc1ccc(OP(O)O)o1)c1ccc(Oc2ccccc2)cc1. The zero-order valence-electron chi connectivity index (χ0n) is 18.0. The molecule has 12 heteroatoms. The summed E-state index contributed by atoms with van der Waals surface area (Å²) in [4.78, 5) is 31.4. The average Bonchev–Trinajstić information content (AvgIpc) is 3.48. The molecule has 0 aliphatic carbocycles. The number of ether oxygens (including phenoxy) is 2. The summed E-state index contributed by atoms with van der Waals surface area (Å²) in [5, 5.41) is 1.36. The lowest BCUT2D eigenvalue weighted by molar-refractivity contribution is 0.0783. The first-order valence-electron chi connectivity index (χ1n) is 10.2. The fraction of sp³-hybridized carbons (Fsp3) is 0.0870. The summed E-state index contributed by atoms with van der Waals surface area (Å²) in [5.74, 6) is 1.39. The van der Waals surface area contributed by atoms with Crippen LogP contribution in [0.2, 0.25) is 4.34 Å². The molecule has 2 heterocycles. The molecule has 0 unspecified atom stereocenters. The van der Waals surface area contributed by atoms with Gasteiger partial charge < -0.3 is 28.2 Å². The van der Waals surface area contributed by atoms with Gasteiger partial charge in [0.2, 0.25) is 0 Å². The summed E-state index contributed by atoms with van der Waals surface area (Å²) in [7, 11) is -2.57. The molecule has 2 aromatic heterocycles. The van der Waals surface area contributed by atoms with Crippen molar-refractivity contribution in [1.29, 1.82) is 0 Å². The van der Waals surface area contributed by atoms with Gasteiger partial charge in [0, 0.05) is 6.07 Å². The Morgan fingerprint density at radius 2 is 1.74 bits per heavy atom. The highest BCUT2D eigenvalue weighted by Gasteiger charge is 2.20. The van der Waals surface area contributed by atoms with E-state index in [1.165, 1.54) is 22.4 Å². The molecular formula is C23H20ClN2O7PS. The van der Waals surface area contributed by atoms with E-state index in [0.29, 0.717) is 32.2 Å². The number of thiophene rings is 1. The summed E-state index contributed by atoms with van der Waals surface area (Å²) < 4.78 is 21.9. The Kier molecular flexibility index (Phi) is 8.73. The predicted octanol–water partition coefficient (Wildman–Crippen LogP) is 5.70. The Bertz CT molecular complexity index is 1230. The van der Waals surface area contributed by atoms with Crippen LogP contribution >= 0.6 is 31.5 Å². The third kappa shape index (κ3) is 7.27. The number of furan rings is 1. The van der Waals surface area contributed by atoms with E-state index < -0.39 is 8.60 Å². The maximum absolute atomic E-state index is 13.2. The highest BCUT2D eigenvalue weighted by molar-refractivity contribution is 7.39. The van der Waals surface area contributed by atoms with Crippen molar-refractivity contribution in [2.75, 3.05) is 11.7 Å². The molecule has 0 aliphatic heterocycles. The second-order valence-corrected chi connectivity index (χ2v) is 9.27. The minimum atomic E-state index is -2.57. The molecule has 35 heavy (non-hydrogen) atoms. The molecular weight excluding hydrogens is 515 g/mol. The van der Waals surface area contributed by atoms with Crippen LogP contribution in [0.25, 0.3) is 0 Å². The number of hydrogen-bond donors (Lipinski definition) is 3. The number of hydrazine groups is 1. The van der Waals surface area contributed by atoms with Crippen LogP contribution in [0.4, 0.5) is 5.69 Å². The van der Waals surface area contributed by atoms with Gasteiger partial charge in [-0.3, -0.25) is 4.79 Å². The molecule has 0 saturated carbocycles. The van der Waals surface area contributed by atoms with Crippen molar-refractivity contribution in [3.05, 3.63) is 93.8 Å². The van der Waals surface area contributed by atoms with Gasteiger partial charge in [-0.2, -0.15) is 0 Å². The average molecular weight is 535 g/mol. The molecule has 2 aromatic carbocycles. The predicted molar refractivity (Wildman–Crippen MR) is 133 cm³/mol. The van der Waals surface area contributed by atoms with Crippen molar-refractivity contribution in [3.8, 4) is 17.4 Å². The van der Waals surface area contributed by atoms with Crippen molar-refractivity contribution in [1.82, 2.24) is 5.43 Å². The number of halogens is 1. The van der Waals surface area contributed by atoms with Gasteiger partial charge in [0.05, 0.1) is 14.9 Å². The van der Waals surface area contributed by atoms with Gasteiger partial charge in [0.15, 0.2) is 0 Å². The number of carbonyl (C=O) groups is 1. The Hall–Kier alpha value is -2.95. The molecule has 0 fully saturated rings. The van der Waals surface area contributed by atoms with E-state index in [2.05, 4.69) is 5.43 Å². The minimum Gasteiger partial charge on any atom is -0.457 e. The summed E-state index contributed by atoms with van der Waals surface area (Å²) in [6.07, 6.45) is 0. The molecule has 0 radical (unpaired) electrons. The normalized spacial score (nSPS) is 11.0. The van der Waals surface area contributed by atoms with Gasteiger partial charge in [-0.25, -0.2) is 10.4 Å². The topological polar surface area (TPSA) is 114 Å². The number of amides is 1. The van der Waals surface area contributed by atoms with E-state index in [4.69, 9.17) is 39.8 Å². The number of rotatable bonds is 11. The molecule has 0 spiro atoms. The largest absolute Gasteiger partial charge is 0.457 e. The zero-order chi connectivity index (χ0) is 24.6. The first-order valence-corrected chi connectivity index (χ1v) is 12.5. The van der Waals surface area contributed by atoms with Crippen molar-refractivity contribution < 1.29 is 33.0 Å². The first kappa shape index (κ1) is 25.2. The third-order valence-electron chi connectivity index (χ3n) is 4.44. The van der Waals surface area contributed by atoms with Gasteiger partial charge in [-0.05, 0) is 54.6 Å². The zero-order valence-corrected chi connectivity index (χ0v) is 20.5. The maximum Gasteiger partial charge on any atom is 0.393 e. The molecule has 0 saturated heterocycles. The number of nitrogens with zero attached hydrogens (tertiary/aromatic N) is 1. The van der Waals surface area contributed by atoms with Crippen molar-refractivity contribution in [3.63, 3.8) is 0 Å². The van der Waals surface area contributed by atoms with Gasteiger partial charge in [-0.1, -0.05) is 29.8 Å². The summed E-state index contributed by atoms with van der Waals surface area (Å²) in [6.45, 7) is 0.0264. The Balaban J connectivity index is 1.41. The monoisotopic (exact) mass is 534 g/mol. The quantitative estimate of drug-likeness (QED) is 0.0971. The van der Waals surface area contributed by atoms with E-state index in [-0.39, 0.29) is 25.2 Å². The Morgan fingerprint density at radius 1 is 1.00 bits per heavy atom. The van der Waals surface area contributed by atoms with Gasteiger partial charge in [0.25, 0.3) is 11.9 Å². The summed E-state index contributed by atoms with van der Waals surface area (Å²) >= 11 is 7.18. The lowest BCUT2D eigenvalue weighted by Gasteiger charge is -2.23. The molecule has 0 atom stereocenters. The highest BCUT2D eigenvalue weighted by Crippen LogP contribution is 2.30. The van der Waals surface area contributed by atoms with Crippen LogP contribution in [-0.4, -0.2) is 22.4 Å². The lowest BCUT2D eigenvalue weighted by atomic mass is 10.2. The number of carbonyl (C=O) groups excluding carboxylic acids is 1. The number of para-hydroxylation sites is 1. The number of benzene rings is 2. The Morgan fingerprint density at radius 3 is 2.43 bits per heavy atom. The van der Waals surface area contributed by atoms with Crippen LogP contribution < -0.4 is 19.7 Å². The van der Waals surface area contributed by atoms with E-state index >= 15 is 0 Å². The van der Waals surface area contributed by atoms with E-state index in [1.807, 2.05) is 30.3 Å². The molecule has 4 aromatic rings. The van der Waals surface area contributed by atoms with Gasteiger partial charge in [-0.15, -0.1) is 11.3 Å². The van der Waals surface area contributed by atoms with Crippen molar-refractivity contribution in [2.24, 2.45) is 0 Å². The van der Waals surface area contributed by atoms with Crippen LogP contribution in [0.1, 0.15) is 15.4 Å². The standard InChI is InChI=1S/C23H20ClN2O7PS/c24-21-12-11-20(35-21)23(27)26(25-15-30-14-19-10-13-22(32-19)33-34(28)29)16-6-8-18(9-7-16)31-17-4-2-1-3-5-17/h1-13,25,28-29H,14-15H2. The second kappa shape index (κ2) is 12.1. The molecule has 4 rings (SSSR count). The minimum absolute atomic E-state index is 0.0307. The molecule has 0 aliphatic rings. The number of nitrogens with one attached hydrogen (secondary N) is 1. The number of anilines is 1. The molecule has 9 nitrogen and oxygen atoms in total. The molecule has 0 bridgehead atoms. The first-order chi connectivity index (χ1) is 17.0. The van der Waals surface area contributed by atoms with Crippen molar-refractivity contribution in [2.45, 2.75) is 6.61 Å². The van der Waals surface area contributed by atoms with E-state index in [9.17, 15) is 4.79 Å². The fourth-order valence-corrected chi connectivity index (χ4v) is 4.17. The van der Waals surface area contributed by atoms with Gasteiger partial charge in [0.1, 0.15) is 30.6 Å². The van der Waals surface area contributed by atoms with Crippen LogP contribution in [0.15, 0.2) is 83.3 Å². The Labute approximate surface area is 211 Å². The second-order valence-electron chi connectivity index (χ2n) is 6.87. The lowest BCUT2D eigenvalue weighted by Crippen LogP contribution is -2.44. The van der Waals surface area contributed by atoms with Crippen LogP contribution in [0, 0.1) is 0 Å². The van der Waals surface area contributed by atoms with Crippen LogP contribution in [0.3, 0.4) is 0 Å². The summed E-state index contributed by atoms with van der Waals surface area (Å²) in [6, 6.07) is 22.7. The summed E-state index contributed by atoms with van der Waals surface area (Å²) in [5.41, 5.74) is 3.52. The van der Waals surface area contributed by atoms with Crippen LogP contribution in [0.5, 0.6) is 17.4 Å². The maximum atomic E-state index is 13.2. The van der Waals surface area contributed by atoms with Crippen molar-refractivity contribution >= 4 is 43.1 Å². The third-order valence-corrected chi connectivity index (χ3v) is 6.00. The van der Waals surface area contributed by atoms with Crippen LogP contribution in [-0.2, 0) is 11.3 Å². The molecule has 1 amide bonds. The molecule has 182 valence electrons. The highest BCUT2D eigenvalue weighted by atomic mass is 35.5. The van der Waals surface area contributed by atoms with Gasteiger partial charge >= 0.3 is 8.60 Å². The van der Waals surface area contributed by atoms with E-state index in [1.54, 1.807) is 42.5 Å². The number of hydrogen-bond acceptors (Lipinski definition) is 9. The smallest absolute Gasteiger partial charge is 0.393 e.